The fourth-order valence-electron chi connectivity index (χ4n) is 1.48. The van der Waals surface area contributed by atoms with Gasteiger partial charge in [-0.25, -0.2) is 17.6 Å². The zero-order valence-electron chi connectivity index (χ0n) is 10.4. The first-order valence-electron chi connectivity index (χ1n) is 5.72. The van der Waals surface area contributed by atoms with E-state index in [2.05, 4.69) is 0 Å². The molecule has 0 saturated heterocycles. The molecule has 0 saturated carbocycles. The number of carboxylic acids is 1. The average Bonchev–Trinajstić information content (AvgIpc) is 2.34. The largest absolute Gasteiger partial charge is 0.478 e. The van der Waals surface area contributed by atoms with Gasteiger partial charge < -0.3 is 9.84 Å². The van der Waals surface area contributed by atoms with Crippen molar-refractivity contribution in [3.63, 3.8) is 0 Å². The SMILES string of the molecule is CCOCCCS(=O)(=O)c1cc(C(=O)O)ccc1F. The lowest BCUT2D eigenvalue weighted by Crippen LogP contribution is -2.12. The second kappa shape index (κ2) is 6.63. The first-order chi connectivity index (χ1) is 8.88. The maximum Gasteiger partial charge on any atom is 0.335 e. The number of halogens is 1. The van der Waals surface area contributed by atoms with Crippen LogP contribution in [-0.4, -0.2) is 38.5 Å². The van der Waals surface area contributed by atoms with E-state index in [4.69, 9.17) is 9.84 Å². The van der Waals surface area contributed by atoms with Gasteiger partial charge in [-0.15, -0.1) is 0 Å². The number of ether oxygens (including phenoxy) is 1. The highest BCUT2D eigenvalue weighted by Crippen LogP contribution is 2.18. The number of hydrogen-bond acceptors (Lipinski definition) is 4. The van der Waals surface area contributed by atoms with Crippen molar-refractivity contribution >= 4 is 15.8 Å². The van der Waals surface area contributed by atoms with Crippen LogP contribution in [-0.2, 0) is 14.6 Å². The minimum Gasteiger partial charge on any atom is -0.478 e. The smallest absolute Gasteiger partial charge is 0.335 e. The number of aromatic carboxylic acids is 1. The van der Waals surface area contributed by atoms with Gasteiger partial charge in [0.1, 0.15) is 10.7 Å². The Kier molecular flexibility index (Phi) is 5.44. The summed E-state index contributed by atoms with van der Waals surface area (Å²) in [7, 11) is -3.85. The van der Waals surface area contributed by atoms with Crippen LogP contribution >= 0.6 is 0 Å². The quantitative estimate of drug-likeness (QED) is 0.773. The van der Waals surface area contributed by atoms with Crippen LogP contribution in [0, 0.1) is 5.82 Å². The molecule has 1 N–H and O–H groups in total. The van der Waals surface area contributed by atoms with Crippen molar-refractivity contribution in [1.29, 1.82) is 0 Å². The third-order valence-corrected chi connectivity index (χ3v) is 4.23. The van der Waals surface area contributed by atoms with Crippen molar-refractivity contribution in [1.82, 2.24) is 0 Å². The highest BCUT2D eigenvalue weighted by Gasteiger charge is 2.20. The topological polar surface area (TPSA) is 80.7 Å². The Balaban J connectivity index is 2.94. The van der Waals surface area contributed by atoms with E-state index in [1.54, 1.807) is 6.92 Å². The van der Waals surface area contributed by atoms with Crippen LogP contribution in [0.3, 0.4) is 0 Å². The average molecular weight is 290 g/mol. The summed E-state index contributed by atoms with van der Waals surface area (Å²) < 4.78 is 42.3. The molecule has 1 aromatic rings. The molecule has 0 bridgehead atoms. The van der Waals surface area contributed by atoms with E-state index in [0.717, 1.165) is 18.2 Å². The molecule has 0 spiro atoms. The van der Waals surface area contributed by atoms with Gasteiger partial charge in [-0.05, 0) is 31.5 Å². The van der Waals surface area contributed by atoms with Crippen LogP contribution in [0.1, 0.15) is 23.7 Å². The van der Waals surface area contributed by atoms with E-state index in [9.17, 15) is 17.6 Å². The fraction of sp³-hybridized carbons (Fsp3) is 0.417. The minimum atomic E-state index is -3.85. The van der Waals surface area contributed by atoms with E-state index in [1.165, 1.54) is 0 Å². The van der Waals surface area contributed by atoms with Gasteiger partial charge in [-0.3, -0.25) is 0 Å². The number of rotatable bonds is 7. The van der Waals surface area contributed by atoms with Gasteiger partial charge in [0.2, 0.25) is 0 Å². The maximum absolute atomic E-state index is 13.5. The lowest BCUT2D eigenvalue weighted by atomic mass is 10.2. The molecule has 5 nitrogen and oxygen atoms in total. The van der Waals surface area contributed by atoms with E-state index in [1.807, 2.05) is 0 Å². The van der Waals surface area contributed by atoms with Crippen molar-refractivity contribution in [3.8, 4) is 0 Å². The molecule has 0 radical (unpaired) electrons. The summed E-state index contributed by atoms with van der Waals surface area (Å²) in [6, 6.07) is 2.71. The molecule has 1 aromatic carbocycles. The summed E-state index contributed by atoms with van der Waals surface area (Å²) in [6.45, 7) is 2.52. The van der Waals surface area contributed by atoms with Crippen molar-refractivity contribution in [2.24, 2.45) is 0 Å². The van der Waals surface area contributed by atoms with Crippen molar-refractivity contribution in [2.45, 2.75) is 18.2 Å². The predicted octanol–water partition coefficient (Wildman–Crippen LogP) is 1.72. The van der Waals surface area contributed by atoms with Crippen molar-refractivity contribution in [3.05, 3.63) is 29.6 Å². The Labute approximate surface area is 110 Å². The number of carbonyl (C=O) groups is 1. The van der Waals surface area contributed by atoms with Gasteiger partial charge in [0.15, 0.2) is 9.84 Å². The zero-order chi connectivity index (χ0) is 14.5. The number of benzene rings is 1. The number of sulfone groups is 1. The summed E-state index contributed by atoms with van der Waals surface area (Å²) in [6.07, 6.45) is 0.229. The summed E-state index contributed by atoms with van der Waals surface area (Å²) in [5.41, 5.74) is -0.259. The Morgan fingerprint density at radius 2 is 2.11 bits per heavy atom. The molecule has 0 amide bonds. The van der Waals surface area contributed by atoms with Crippen molar-refractivity contribution < 1.29 is 27.4 Å². The molecule has 1 rings (SSSR count). The van der Waals surface area contributed by atoms with Crippen LogP contribution in [0.5, 0.6) is 0 Å². The Hall–Kier alpha value is -1.47. The lowest BCUT2D eigenvalue weighted by Gasteiger charge is -2.07. The minimum absolute atomic E-state index is 0.229. The molecular weight excluding hydrogens is 275 g/mol. The molecule has 0 heterocycles. The molecule has 106 valence electrons. The summed E-state index contributed by atoms with van der Waals surface area (Å²) >= 11 is 0. The second-order valence-corrected chi connectivity index (χ2v) is 5.90. The normalized spacial score (nSPS) is 11.5. The van der Waals surface area contributed by atoms with Crippen LogP contribution < -0.4 is 0 Å². The molecule has 7 heteroatoms. The third-order valence-electron chi connectivity index (χ3n) is 2.42. The van der Waals surface area contributed by atoms with Gasteiger partial charge in [0.05, 0.1) is 11.3 Å². The fourth-order valence-corrected chi connectivity index (χ4v) is 2.87. The van der Waals surface area contributed by atoms with Gasteiger partial charge in [0, 0.05) is 13.2 Å². The molecular formula is C12H15FO5S. The van der Waals surface area contributed by atoms with Gasteiger partial charge in [-0.1, -0.05) is 0 Å². The van der Waals surface area contributed by atoms with Gasteiger partial charge in [0.25, 0.3) is 0 Å². The maximum atomic E-state index is 13.5. The first kappa shape index (κ1) is 15.6. The first-order valence-corrected chi connectivity index (χ1v) is 7.37. The summed E-state index contributed by atoms with van der Waals surface area (Å²) in [4.78, 5) is 10.2. The Morgan fingerprint density at radius 1 is 1.42 bits per heavy atom. The standard InChI is InChI=1S/C12H15FO5S/c1-2-18-6-3-7-19(16,17)11-8-9(12(14)15)4-5-10(11)13/h4-5,8H,2-3,6-7H2,1H3,(H,14,15). The molecule has 0 aromatic heterocycles. The summed E-state index contributed by atoms with van der Waals surface area (Å²) in [5.74, 6) is -2.53. The number of carboxylic acid groups (broad SMARTS) is 1. The Morgan fingerprint density at radius 3 is 2.68 bits per heavy atom. The molecule has 0 unspecified atom stereocenters. The van der Waals surface area contributed by atoms with E-state index in [-0.39, 0.29) is 24.3 Å². The van der Waals surface area contributed by atoms with E-state index < -0.39 is 26.5 Å². The highest BCUT2D eigenvalue weighted by molar-refractivity contribution is 7.91. The lowest BCUT2D eigenvalue weighted by molar-refractivity contribution is 0.0696. The second-order valence-electron chi connectivity index (χ2n) is 3.82. The van der Waals surface area contributed by atoms with Crippen LogP contribution in [0.4, 0.5) is 4.39 Å². The van der Waals surface area contributed by atoms with Crippen molar-refractivity contribution in [2.75, 3.05) is 19.0 Å². The molecule has 0 aliphatic heterocycles. The van der Waals surface area contributed by atoms with E-state index >= 15 is 0 Å². The van der Waals surface area contributed by atoms with Crippen LogP contribution in [0.25, 0.3) is 0 Å². The zero-order valence-corrected chi connectivity index (χ0v) is 11.2. The van der Waals surface area contributed by atoms with Gasteiger partial charge >= 0.3 is 5.97 Å². The monoisotopic (exact) mass is 290 g/mol. The molecule has 0 aliphatic rings. The summed E-state index contributed by atoms with van der Waals surface area (Å²) in [5, 5.41) is 8.77. The Bertz CT molecular complexity index is 553. The number of hydrogen-bond donors (Lipinski definition) is 1. The molecule has 19 heavy (non-hydrogen) atoms. The highest BCUT2D eigenvalue weighted by atomic mass is 32.2. The molecule has 0 fully saturated rings. The van der Waals surface area contributed by atoms with Crippen LogP contribution in [0.15, 0.2) is 23.1 Å². The molecule has 0 aliphatic carbocycles. The van der Waals surface area contributed by atoms with E-state index in [0.29, 0.717) is 6.61 Å². The molecule has 0 atom stereocenters. The third kappa shape index (κ3) is 4.29. The van der Waals surface area contributed by atoms with Gasteiger partial charge in [-0.2, -0.15) is 0 Å². The van der Waals surface area contributed by atoms with Crippen LogP contribution in [0.2, 0.25) is 0 Å². The predicted molar refractivity (Wildman–Crippen MR) is 66.5 cm³/mol.